The molecule has 0 radical (unpaired) electrons. The smallest absolute Gasteiger partial charge is 0.202 e. The third-order valence-electron chi connectivity index (χ3n) is 4.75. The number of imidazole rings is 1. The zero-order valence-corrected chi connectivity index (χ0v) is 12.5. The number of nitrogens with two attached hydrogens (primary N) is 1. The second kappa shape index (κ2) is 5.43. The quantitative estimate of drug-likeness (QED) is 0.923. The maximum Gasteiger partial charge on any atom is 0.202 e. The number of hydrogen-bond donors (Lipinski definition) is 1. The summed E-state index contributed by atoms with van der Waals surface area (Å²) in [6.45, 7) is 4.32. The number of fused-ring (bicyclic) bond motifs is 1. The number of hydrogen-bond acceptors (Lipinski definition) is 3. The summed E-state index contributed by atoms with van der Waals surface area (Å²) in [5.74, 6) is 1.34. The maximum absolute atomic E-state index is 6.22. The van der Waals surface area contributed by atoms with E-state index in [1.165, 1.54) is 32.1 Å². The Morgan fingerprint density at radius 1 is 1.35 bits per heavy atom. The van der Waals surface area contributed by atoms with Crippen molar-refractivity contribution in [1.29, 1.82) is 0 Å². The molecule has 1 aliphatic rings. The van der Waals surface area contributed by atoms with Gasteiger partial charge in [-0.15, -0.1) is 0 Å². The van der Waals surface area contributed by atoms with Crippen molar-refractivity contribution in [1.82, 2.24) is 14.5 Å². The second-order valence-corrected chi connectivity index (χ2v) is 6.01. The van der Waals surface area contributed by atoms with Crippen molar-refractivity contribution in [2.24, 2.45) is 5.92 Å². The van der Waals surface area contributed by atoms with E-state index in [1.807, 2.05) is 12.3 Å². The number of pyridine rings is 1. The van der Waals surface area contributed by atoms with Crippen molar-refractivity contribution in [3.05, 3.63) is 17.8 Å². The number of aryl methyl sites for hydroxylation is 1. The van der Waals surface area contributed by atoms with Gasteiger partial charge < -0.3 is 5.73 Å². The van der Waals surface area contributed by atoms with Gasteiger partial charge in [-0.2, -0.15) is 0 Å². The number of nitrogens with zero attached hydrogens (tertiary/aromatic N) is 3. The maximum atomic E-state index is 6.22. The van der Waals surface area contributed by atoms with Crippen molar-refractivity contribution in [3.63, 3.8) is 0 Å². The van der Waals surface area contributed by atoms with E-state index in [0.717, 1.165) is 29.1 Å². The molecule has 0 bridgehead atoms. The van der Waals surface area contributed by atoms with E-state index in [0.29, 0.717) is 12.0 Å². The van der Waals surface area contributed by atoms with Crippen LogP contribution < -0.4 is 5.73 Å². The van der Waals surface area contributed by atoms with Crippen LogP contribution in [0.25, 0.3) is 11.2 Å². The summed E-state index contributed by atoms with van der Waals surface area (Å²) in [5, 5.41) is 0. The van der Waals surface area contributed by atoms with Gasteiger partial charge in [-0.3, -0.25) is 4.57 Å². The number of anilines is 1. The van der Waals surface area contributed by atoms with E-state index in [1.54, 1.807) is 0 Å². The molecule has 2 aromatic rings. The largest absolute Gasteiger partial charge is 0.369 e. The molecule has 2 N–H and O–H groups in total. The van der Waals surface area contributed by atoms with Gasteiger partial charge in [-0.1, -0.05) is 26.2 Å². The van der Waals surface area contributed by atoms with Gasteiger partial charge in [0.05, 0.1) is 0 Å². The van der Waals surface area contributed by atoms with Crippen LogP contribution in [-0.2, 0) is 0 Å². The third kappa shape index (κ3) is 2.17. The van der Waals surface area contributed by atoms with E-state index in [-0.39, 0.29) is 0 Å². The number of nitrogen functional groups attached to an aromatic ring is 1. The van der Waals surface area contributed by atoms with E-state index in [2.05, 4.69) is 28.4 Å². The summed E-state index contributed by atoms with van der Waals surface area (Å²) in [7, 11) is 0. The Morgan fingerprint density at radius 3 is 2.80 bits per heavy atom. The highest BCUT2D eigenvalue weighted by Crippen LogP contribution is 2.37. The zero-order chi connectivity index (χ0) is 14.1. The predicted octanol–water partition coefficient (Wildman–Crippen LogP) is 3.85. The lowest BCUT2D eigenvalue weighted by molar-refractivity contribution is 0.248. The monoisotopic (exact) mass is 272 g/mol. The minimum absolute atomic E-state index is 0.439. The molecule has 2 heterocycles. The molecule has 4 nitrogen and oxygen atoms in total. The van der Waals surface area contributed by atoms with Crippen LogP contribution in [0, 0.1) is 12.8 Å². The molecule has 0 amide bonds. The van der Waals surface area contributed by atoms with Crippen LogP contribution in [0.3, 0.4) is 0 Å². The lowest BCUT2D eigenvalue weighted by Crippen LogP contribution is -2.22. The van der Waals surface area contributed by atoms with Crippen LogP contribution in [0.15, 0.2) is 12.3 Å². The molecule has 0 spiro atoms. The minimum atomic E-state index is 0.439. The Kier molecular flexibility index (Phi) is 3.64. The van der Waals surface area contributed by atoms with E-state index in [4.69, 9.17) is 5.73 Å². The molecule has 20 heavy (non-hydrogen) atoms. The van der Waals surface area contributed by atoms with Gasteiger partial charge in [0, 0.05) is 12.2 Å². The molecule has 3 rings (SSSR count). The second-order valence-electron chi connectivity index (χ2n) is 6.01. The molecule has 1 unspecified atom stereocenters. The molecule has 4 heteroatoms. The summed E-state index contributed by atoms with van der Waals surface area (Å²) < 4.78 is 2.19. The molecule has 1 aliphatic carbocycles. The third-order valence-corrected chi connectivity index (χ3v) is 4.75. The van der Waals surface area contributed by atoms with Gasteiger partial charge in [0.2, 0.25) is 5.95 Å². The first kappa shape index (κ1) is 13.4. The van der Waals surface area contributed by atoms with Gasteiger partial charge in [-0.25, -0.2) is 9.97 Å². The van der Waals surface area contributed by atoms with Crippen LogP contribution in [0.5, 0.6) is 0 Å². The molecule has 2 aromatic heterocycles. The highest BCUT2D eigenvalue weighted by atomic mass is 15.2. The molecule has 0 aromatic carbocycles. The summed E-state index contributed by atoms with van der Waals surface area (Å²) in [5.41, 5.74) is 9.28. The van der Waals surface area contributed by atoms with Crippen molar-refractivity contribution < 1.29 is 0 Å². The predicted molar refractivity (Wildman–Crippen MR) is 82.6 cm³/mol. The zero-order valence-electron chi connectivity index (χ0n) is 12.5. The Hall–Kier alpha value is -1.58. The van der Waals surface area contributed by atoms with Gasteiger partial charge >= 0.3 is 0 Å². The van der Waals surface area contributed by atoms with Crippen LogP contribution in [-0.4, -0.2) is 14.5 Å². The number of aromatic nitrogens is 3. The van der Waals surface area contributed by atoms with Crippen LogP contribution in [0.4, 0.5) is 5.95 Å². The Labute approximate surface area is 120 Å². The van der Waals surface area contributed by atoms with Crippen LogP contribution >= 0.6 is 0 Å². The molecule has 0 saturated heterocycles. The lowest BCUT2D eigenvalue weighted by atomic mass is 9.83. The van der Waals surface area contributed by atoms with Gasteiger partial charge in [0.1, 0.15) is 5.52 Å². The highest BCUT2D eigenvalue weighted by Gasteiger charge is 2.27. The van der Waals surface area contributed by atoms with E-state index < -0.39 is 0 Å². The summed E-state index contributed by atoms with van der Waals surface area (Å²) in [6.07, 6.45) is 9.65. The highest BCUT2D eigenvalue weighted by molar-refractivity contribution is 5.77. The first-order chi connectivity index (χ1) is 9.72. The topological polar surface area (TPSA) is 56.7 Å². The first-order valence-corrected chi connectivity index (χ1v) is 7.81. The minimum Gasteiger partial charge on any atom is -0.369 e. The first-order valence-electron chi connectivity index (χ1n) is 7.81. The van der Waals surface area contributed by atoms with Crippen molar-refractivity contribution in [3.8, 4) is 0 Å². The average molecular weight is 272 g/mol. The molecular weight excluding hydrogens is 248 g/mol. The fraction of sp³-hybridized carbons (Fsp3) is 0.625. The van der Waals surface area contributed by atoms with Crippen molar-refractivity contribution in [2.45, 2.75) is 58.4 Å². The van der Waals surface area contributed by atoms with E-state index >= 15 is 0 Å². The fourth-order valence-corrected chi connectivity index (χ4v) is 3.70. The van der Waals surface area contributed by atoms with Crippen LogP contribution in [0.2, 0.25) is 0 Å². The summed E-state index contributed by atoms with van der Waals surface area (Å²) in [4.78, 5) is 9.10. The SMILES string of the molecule is CCC(C1CCCCC1)n1c(N)nc2c(C)ccnc21. The molecule has 0 aliphatic heterocycles. The van der Waals surface area contributed by atoms with E-state index in [9.17, 15) is 0 Å². The molecular formula is C16H24N4. The Bertz CT molecular complexity index is 596. The Balaban J connectivity index is 2.06. The van der Waals surface area contributed by atoms with Crippen LogP contribution in [0.1, 0.15) is 57.1 Å². The lowest BCUT2D eigenvalue weighted by Gasteiger charge is -2.31. The molecule has 1 atom stereocenters. The summed E-state index contributed by atoms with van der Waals surface area (Å²) >= 11 is 0. The van der Waals surface area contributed by atoms with Crippen molar-refractivity contribution in [2.75, 3.05) is 5.73 Å². The fourth-order valence-electron chi connectivity index (χ4n) is 3.70. The molecule has 1 fully saturated rings. The molecule has 1 saturated carbocycles. The standard InChI is InChI=1S/C16H24N4/c1-3-13(12-7-5-4-6-8-12)20-15-14(19-16(20)17)11(2)9-10-18-15/h9-10,12-13H,3-8H2,1-2H3,(H2,17,19). The van der Waals surface area contributed by atoms with Gasteiger partial charge in [0.15, 0.2) is 5.65 Å². The summed E-state index contributed by atoms with van der Waals surface area (Å²) in [6, 6.07) is 2.44. The van der Waals surface area contributed by atoms with Gasteiger partial charge in [0.25, 0.3) is 0 Å². The Morgan fingerprint density at radius 2 is 2.10 bits per heavy atom. The normalized spacial score (nSPS) is 18.5. The molecule has 108 valence electrons. The van der Waals surface area contributed by atoms with Crippen molar-refractivity contribution >= 4 is 17.1 Å². The van der Waals surface area contributed by atoms with Gasteiger partial charge in [-0.05, 0) is 43.7 Å². The average Bonchev–Trinajstić information content (AvgIpc) is 2.80. The number of rotatable bonds is 3.